The van der Waals surface area contributed by atoms with E-state index in [1.54, 1.807) is 12.1 Å². The van der Waals surface area contributed by atoms with Gasteiger partial charge < -0.3 is 31.9 Å². The van der Waals surface area contributed by atoms with Crippen molar-refractivity contribution in [3.63, 3.8) is 0 Å². The van der Waals surface area contributed by atoms with E-state index in [0.717, 1.165) is 16.5 Å². The number of anilines is 1. The van der Waals surface area contributed by atoms with E-state index < -0.39 is 5.97 Å². The zero-order chi connectivity index (χ0) is 21.7. The Labute approximate surface area is 221 Å². The van der Waals surface area contributed by atoms with Gasteiger partial charge in [-0.05, 0) is 87.5 Å². The van der Waals surface area contributed by atoms with E-state index >= 15 is 0 Å². The Hall–Kier alpha value is -1.20. The van der Waals surface area contributed by atoms with Crippen LogP contribution >= 0.6 is 63.7 Å². The molecule has 0 bridgehead atoms. The smallest absolute Gasteiger partial charge is 0.338 e. The molecule has 1 heterocycles. The number of carbonyl (C=O) groups excluding carboxylic acids is 1. The van der Waals surface area contributed by atoms with Crippen LogP contribution in [-0.2, 0) is 4.74 Å². The predicted octanol–water partition coefficient (Wildman–Crippen LogP) is 2.29. The molecule has 0 radical (unpaired) electrons. The van der Waals surface area contributed by atoms with Crippen molar-refractivity contribution in [3.8, 4) is 22.5 Å². The van der Waals surface area contributed by atoms with E-state index in [0.29, 0.717) is 51.4 Å². The van der Waals surface area contributed by atoms with Gasteiger partial charge in [0.1, 0.15) is 4.47 Å². The summed E-state index contributed by atoms with van der Waals surface area (Å²) in [6.07, 6.45) is 0. The predicted molar refractivity (Wildman–Crippen MR) is 130 cm³/mol. The molecule has 5 nitrogen and oxygen atoms in total. The number of benzene rings is 3. The summed E-state index contributed by atoms with van der Waals surface area (Å²) in [6.45, 7) is 0. The Kier molecular flexibility index (Phi) is 7.37. The normalized spacial score (nSPS) is 10.9. The van der Waals surface area contributed by atoms with Crippen molar-refractivity contribution in [2.24, 2.45) is 0 Å². The highest BCUT2D eigenvalue weighted by Gasteiger charge is 2.27. The van der Waals surface area contributed by atoms with Gasteiger partial charge in [0.05, 0.1) is 27.3 Å². The summed E-state index contributed by atoms with van der Waals surface area (Å²) in [4.78, 5) is 12.5. The van der Waals surface area contributed by atoms with Crippen molar-refractivity contribution in [1.82, 2.24) is 0 Å². The van der Waals surface area contributed by atoms with Crippen LogP contribution in [0.25, 0.3) is 33.4 Å². The summed E-state index contributed by atoms with van der Waals surface area (Å²) in [5, 5.41) is 7.46. The molecule has 10 heteroatoms. The summed E-state index contributed by atoms with van der Waals surface area (Å²) >= 11 is 14.1. The number of fused-ring (bicyclic) bond motifs is 2. The molecular formula is C21H13Br5N2O3. The second-order valence-electron chi connectivity index (χ2n) is 6.44. The van der Waals surface area contributed by atoms with Gasteiger partial charge in [-0.25, -0.2) is 4.79 Å². The largest absolute Gasteiger partial charge is 1.00 e. The van der Waals surface area contributed by atoms with Gasteiger partial charge in [0.15, 0.2) is 11.3 Å². The monoisotopic (exact) mass is 736 g/mol. The van der Waals surface area contributed by atoms with Crippen molar-refractivity contribution in [2.75, 3.05) is 12.8 Å². The lowest BCUT2D eigenvalue weighted by Gasteiger charge is -2.19. The molecule has 0 amide bonds. The van der Waals surface area contributed by atoms with Crippen LogP contribution in [0.2, 0.25) is 0 Å². The van der Waals surface area contributed by atoms with Crippen molar-refractivity contribution in [1.29, 1.82) is 0 Å². The highest BCUT2D eigenvalue weighted by Crippen LogP contribution is 2.48. The van der Waals surface area contributed by atoms with Crippen LogP contribution in [0, 0.1) is 0 Å². The van der Waals surface area contributed by atoms with E-state index in [4.69, 9.17) is 20.3 Å². The van der Waals surface area contributed by atoms with Crippen LogP contribution in [0.3, 0.4) is 0 Å². The second-order valence-corrected chi connectivity index (χ2v) is 9.73. The van der Waals surface area contributed by atoms with Crippen molar-refractivity contribution >= 4 is 86.3 Å². The molecule has 0 atom stereocenters. The highest BCUT2D eigenvalue weighted by atomic mass is 79.9. The van der Waals surface area contributed by atoms with E-state index in [-0.39, 0.29) is 17.0 Å². The van der Waals surface area contributed by atoms with Gasteiger partial charge in [-0.15, -0.1) is 0 Å². The highest BCUT2D eigenvalue weighted by molar-refractivity contribution is 9.11. The fourth-order valence-corrected chi connectivity index (χ4v) is 5.73. The number of carbonyl (C=O) groups is 1. The quantitative estimate of drug-likeness (QED) is 0.188. The molecule has 1 aliphatic heterocycles. The van der Waals surface area contributed by atoms with Crippen molar-refractivity contribution in [2.45, 2.75) is 0 Å². The lowest BCUT2D eigenvalue weighted by Crippen LogP contribution is -3.00. The number of methoxy groups -OCH3 is 1. The lowest BCUT2D eigenvalue weighted by molar-refractivity contribution is -0.174. The Balaban J connectivity index is 0.00000272. The third-order valence-corrected chi connectivity index (χ3v) is 7.65. The molecule has 1 aliphatic carbocycles. The number of esters is 1. The molecule has 0 aromatic heterocycles. The van der Waals surface area contributed by atoms with Gasteiger partial charge in [0, 0.05) is 21.0 Å². The average Bonchev–Trinajstić information content (AvgIpc) is 2.75. The van der Waals surface area contributed by atoms with Gasteiger partial charge in [-0.1, -0.05) is 18.2 Å². The summed E-state index contributed by atoms with van der Waals surface area (Å²) in [5.74, 6) is 0.0927. The molecule has 0 saturated heterocycles. The van der Waals surface area contributed by atoms with Crippen LogP contribution < -0.4 is 33.5 Å². The van der Waals surface area contributed by atoms with Crippen LogP contribution in [-0.4, -0.2) is 13.1 Å². The number of halogens is 5. The van der Waals surface area contributed by atoms with E-state index in [1.165, 1.54) is 7.11 Å². The summed E-state index contributed by atoms with van der Waals surface area (Å²) in [6, 6.07) is 11.0. The maximum atomic E-state index is 12.5. The Morgan fingerprint density at radius 2 is 1.71 bits per heavy atom. The molecular weight excluding hydrogens is 728 g/mol. The molecule has 4 rings (SSSR count). The number of hydrogen-bond donors (Lipinski definition) is 2. The molecule has 0 fully saturated rings. The van der Waals surface area contributed by atoms with E-state index in [9.17, 15) is 4.79 Å². The molecule has 31 heavy (non-hydrogen) atoms. The minimum absolute atomic E-state index is 0. The van der Waals surface area contributed by atoms with Crippen molar-refractivity contribution < 1.29 is 36.3 Å². The molecule has 4 N–H and O–H groups in total. The van der Waals surface area contributed by atoms with Crippen LogP contribution in [0.1, 0.15) is 10.4 Å². The van der Waals surface area contributed by atoms with Gasteiger partial charge >= 0.3 is 5.97 Å². The molecule has 2 aromatic rings. The van der Waals surface area contributed by atoms with Crippen LogP contribution in [0.5, 0.6) is 0 Å². The minimum atomic E-state index is -0.435. The topological polar surface area (TPSA) is 91.0 Å². The SMILES string of the molecule is COC(=O)c1ccccc1-c1c2cc(Br)c(=[NH2+])c(Br)c-2oc2c(Br)c(N)c(Br)cc12.[Br-]. The average molecular weight is 741 g/mol. The molecule has 2 aliphatic rings. The van der Waals surface area contributed by atoms with Gasteiger partial charge in [0.2, 0.25) is 5.36 Å². The van der Waals surface area contributed by atoms with Gasteiger partial charge in [0.25, 0.3) is 0 Å². The fourth-order valence-electron chi connectivity index (χ4n) is 3.33. The third kappa shape index (κ3) is 4.01. The summed E-state index contributed by atoms with van der Waals surface area (Å²) in [5.41, 5.74) is 9.90. The minimum Gasteiger partial charge on any atom is -1.00 e. The first-order valence-electron chi connectivity index (χ1n) is 8.54. The summed E-state index contributed by atoms with van der Waals surface area (Å²) < 4.78 is 13.9. The first-order chi connectivity index (χ1) is 14.3. The Bertz CT molecular complexity index is 1380. The molecule has 0 unspecified atom stereocenters. The zero-order valence-corrected chi connectivity index (χ0v) is 23.7. The third-order valence-electron chi connectivity index (χ3n) is 4.76. The zero-order valence-electron chi connectivity index (χ0n) is 15.7. The van der Waals surface area contributed by atoms with Crippen LogP contribution in [0.4, 0.5) is 5.69 Å². The molecule has 0 spiro atoms. The number of nitrogen functional groups attached to an aromatic ring is 1. The summed E-state index contributed by atoms with van der Waals surface area (Å²) in [7, 11) is 1.36. The number of rotatable bonds is 2. The van der Waals surface area contributed by atoms with Gasteiger partial charge in [-0.3, -0.25) is 5.41 Å². The Morgan fingerprint density at radius 3 is 2.39 bits per heavy atom. The van der Waals surface area contributed by atoms with E-state index in [2.05, 4.69) is 63.7 Å². The first kappa shape index (κ1) is 24.4. The maximum Gasteiger partial charge on any atom is 0.338 e. The second kappa shape index (κ2) is 9.35. The lowest BCUT2D eigenvalue weighted by atomic mass is 9.90. The van der Waals surface area contributed by atoms with Crippen molar-refractivity contribution in [3.05, 3.63) is 65.2 Å². The molecule has 2 aromatic carbocycles. The standard InChI is InChI=1S/C21H12Br4N2O3.BrH/c1-29-21(28)9-5-3-2-4-8(9)14-10-6-12(22)17(26)15(24)19(10)30-20-11(14)7-13(23)18(27)16(20)25;/h2-7,26H,27H2,1H3;1H. The number of ether oxygens (including phenoxy) is 1. The maximum absolute atomic E-state index is 12.5. The molecule has 160 valence electrons. The first-order valence-corrected chi connectivity index (χ1v) is 11.7. The fraction of sp³-hybridized carbons (Fsp3) is 0.0476. The number of nitrogens with two attached hydrogens (primary N) is 2. The molecule has 0 saturated carbocycles. The number of hydrogen-bond acceptors (Lipinski definition) is 4. The van der Waals surface area contributed by atoms with Gasteiger partial charge in [-0.2, -0.15) is 0 Å². The Morgan fingerprint density at radius 1 is 1.03 bits per heavy atom. The van der Waals surface area contributed by atoms with E-state index in [1.807, 2.05) is 24.3 Å². The van der Waals surface area contributed by atoms with Crippen LogP contribution in [0.15, 0.2) is 58.7 Å².